The Morgan fingerprint density at radius 1 is 0.718 bits per heavy atom. The molecule has 0 unspecified atom stereocenters. The predicted octanol–water partition coefficient (Wildman–Crippen LogP) is 5.29. The van der Waals surface area contributed by atoms with E-state index in [-0.39, 0.29) is 47.6 Å². The van der Waals surface area contributed by atoms with Gasteiger partial charge >= 0.3 is 6.36 Å². The first kappa shape index (κ1) is 48.1. The quantitative estimate of drug-likeness (QED) is 0.128. The molecule has 27 heteroatoms. The van der Waals surface area contributed by atoms with Gasteiger partial charge in [0.05, 0.1) is 27.4 Å². The lowest BCUT2D eigenvalue weighted by atomic mass is 10.1. The number of nitrogens with zero attached hydrogens (tertiary/aromatic N) is 14. The minimum Gasteiger partial charge on any atom is -0.492 e. The molecule has 10 rings (SSSR count). The van der Waals surface area contributed by atoms with E-state index in [1.54, 1.807) is 40.4 Å². The highest BCUT2D eigenvalue weighted by Gasteiger charge is 2.33. The highest BCUT2D eigenvalue weighted by Crippen LogP contribution is 2.35. The number of halogens is 5. The summed E-state index contributed by atoms with van der Waals surface area (Å²) in [4.78, 5) is 65.2. The summed E-state index contributed by atoms with van der Waals surface area (Å²) < 4.78 is 50.6. The molecule has 8 aromatic rings. The van der Waals surface area contributed by atoms with Crippen LogP contribution in [-0.2, 0) is 22.7 Å². The number of aromatic amines is 2. The Kier molecular flexibility index (Phi) is 13.7. The first-order valence-electron chi connectivity index (χ1n) is 22.1. The molecule has 22 nitrogen and oxygen atoms in total. The number of H-pyrrole nitrogens is 2. The van der Waals surface area contributed by atoms with E-state index in [4.69, 9.17) is 39.4 Å². The van der Waals surface area contributed by atoms with E-state index >= 15 is 0 Å². The number of nitrogens with one attached hydrogen (secondary N) is 2. The molecule has 0 saturated carbocycles. The Balaban J connectivity index is 0.000000176. The molecule has 0 aliphatic carbocycles. The molecule has 0 spiro atoms. The van der Waals surface area contributed by atoms with Gasteiger partial charge in [-0.3, -0.25) is 9.59 Å². The van der Waals surface area contributed by atoms with Gasteiger partial charge in [-0.25, -0.2) is 39.3 Å². The van der Waals surface area contributed by atoms with E-state index in [0.29, 0.717) is 114 Å². The maximum absolute atomic E-state index is 13.3. The van der Waals surface area contributed by atoms with Gasteiger partial charge in [-0.2, -0.15) is 10.2 Å². The number of amides is 2. The topological polar surface area (TPSA) is 262 Å². The average Bonchev–Trinajstić information content (AvgIpc) is 4.19. The highest BCUT2D eigenvalue weighted by molar-refractivity contribution is 6.32. The summed E-state index contributed by atoms with van der Waals surface area (Å²) >= 11 is 12.1. The number of nitrogen functional groups attached to an aromatic ring is 2. The van der Waals surface area contributed by atoms with Crippen LogP contribution in [0, 0.1) is 0 Å². The largest absolute Gasteiger partial charge is 0.573 e. The number of piperazine rings is 2. The smallest absolute Gasteiger partial charge is 0.492 e. The molecular formula is C44H45Cl2F3N18O4. The minimum absolute atomic E-state index is 0.00598. The van der Waals surface area contributed by atoms with Crippen molar-refractivity contribution in [1.29, 1.82) is 0 Å². The maximum atomic E-state index is 13.3. The Morgan fingerprint density at radius 3 is 1.76 bits per heavy atom. The Morgan fingerprint density at radius 2 is 1.24 bits per heavy atom. The van der Waals surface area contributed by atoms with Gasteiger partial charge < -0.3 is 50.5 Å². The van der Waals surface area contributed by atoms with Crippen LogP contribution in [-0.4, -0.2) is 146 Å². The first-order chi connectivity index (χ1) is 34.1. The Bertz CT molecular complexity index is 3180. The molecule has 8 heterocycles. The molecule has 2 saturated heterocycles. The fourth-order valence-electron chi connectivity index (χ4n) is 8.47. The van der Waals surface area contributed by atoms with E-state index in [9.17, 15) is 22.8 Å². The molecule has 2 aromatic carbocycles. The lowest BCUT2D eigenvalue weighted by molar-refractivity contribution is -0.274. The van der Waals surface area contributed by atoms with Gasteiger partial charge in [0.1, 0.15) is 60.3 Å². The number of rotatable bonds is 11. The van der Waals surface area contributed by atoms with Crippen LogP contribution in [0.2, 0.25) is 10.0 Å². The molecule has 6 aromatic heterocycles. The van der Waals surface area contributed by atoms with E-state index in [2.05, 4.69) is 59.7 Å². The normalized spacial score (nSPS) is 15.3. The number of fused-ring (bicyclic) bond motifs is 2. The van der Waals surface area contributed by atoms with Crippen LogP contribution in [0.3, 0.4) is 0 Å². The van der Waals surface area contributed by atoms with Crippen LogP contribution in [0.5, 0.6) is 11.5 Å². The molecule has 2 aliphatic rings. The number of benzene rings is 2. The second kappa shape index (κ2) is 20.2. The van der Waals surface area contributed by atoms with Crippen molar-refractivity contribution in [2.24, 2.45) is 0 Å². The van der Waals surface area contributed by atoms with E-state index < -0.39 is 12.1 Å². The van der Waals surface area contributed by atoms with Crippen LogP contribution >= 0.6 is 23.2 Å². The van der Waals surface area contributed by atoms with Gasteiger partial charge in [-0.15, -0.1) is 13.2 Å². The number of carbonyl (C=O) groups is 2. The van der Waals surface area contributed by atoms with Crippen LogP contribution in [0.4, 0.5) is 36.2 Å². The second-order valence-electron chi connectivity index (χ2n) is 16.3. The lowest BCUT2D eigenvalue weighted by Gasteiger charge is -2.41. The van der Waals surface area contributed by atoms with E-state index in [1.807, 2.05) is 41.8 Å². The minimum atomic E-state index is -4.85. The Labute approximate surface area is 411 Å². The SMILES string of the molecule is CCOc1cc(N2CCN(C(=O)Cn3nc(-c4ncc[nH]4)c4c(N)ncnc43)[C@@H](C)C2)ccc1Cl.Nc1ncnc2c1c(-c1ncc[nH]1)nn2CC(=O)N1CCN(c2ccc(Cl)c(OC(F)(F)F)c2)CC1. The fraction of sp³-hybridized carbons (Fsp3) is 0.318. The van der Waals surface area contributed by atoms with Gasteiger partial charge in [-0.1, -0.05) is 23.2 Å². The molecular weight excluding hydrogens is 973 g/mol. The van der Waals surface area contributed by atoms with Crippen LogP contribution in [0.15, 0.2) is 73.8 Å². The number of hydrogen-bond acceptors (Lipinski definition) is 16. The number of imidazole rings is 2. The van der Waals surface area contributed by atoms with Gasteiger partial charge in [0, 0.05) is 100 Å². The summed E-state index contributed by atoms with van der Waals surface area (Å²) in [6, 6.07) is 9.97. The third-order valence-electron chi connectivity index (χ3n) is 11.8. The molecule has 2 aliphatic heterocycles. The molecule has 0 radical (unpaired) electrons. The van der Waals surface area contributed by atoms with E-state index in [1.165, 1.54) is 29.5 Å². The van der Waals surface area contributed by atoms with Crippen molar-refractivity contribution in [1.82, 2.24) is 69.2 Å². The zero-order valence-electron chi connectivity index (χ0n) is 38.0. The zero-order chi connectivity index (χ0) is 50.0. The van der Waals surface area contributed by atoms with Crippen LogP contribution < -0.4 is 30.7 Å². The second-order valence-corrected chi connectivity index (χ2v) is 17.1. The van der Waals surface area contributed by atoms with Crippen molar-refractivity contribution in [2.75, 3.05) is 73.7 Å². The third-order valence-corrected chi connectivity index (χ3v) is 12.4. The summed E-state index contributed by atoms with van der Waals surface area (Å²) in [5, 5.41) is 10.6. The molecule has 2 amide bonds. The molecule has 71 heavy (non-hydrogen) atoms. The van der Waals surface area contributed by atoms with Crippen LogP contribution in [0.1, 0.15) is 13.8 Å². The van der Waals surface area contributed by atoms with Crippen molar-refractivity contribution in [3.63, 3.8) is 0 Å². The summed E-state index contributed by atoms with van der Waals surface area (Å²) in [6.45, 7) is 7.95. The monoisotopic (exact) mass is 1020 g/mol. The summed E-state index contributed by atoms with van der Waals surface area (Å²) in [6.07, 6.45) is 4.36. The zero-order valence-corrected chi connectivity index (χ0v) is 39.5. The highest BCUT2D eigenvalue weighted by atomic mass is 35.5. The van der Waals surface area contributed by atoms with Gasteiger partial charge in [0.25, 0.3) is 0 Å². The fourth-order valence-corrected chi connectivity index (χ4v) is 8.80. The van der Waals surface area contributed by atoms with Gasteiger partial charge in [0.2, 0.25) is 11.8 Å². The number of hydrogen-bond donors (Lipinski definition) is 4. The summed E-state index contributed by atoms with van der Waals surface area (Å²) in [5.41, 5.74) is 15.5. The molecule has 0 bridgehead atoms. The van der Waals surface area contributed by atoms with E-state index in [0.717, 1.165) is 5.69 Å². The average molecular weight is 1020 g/mol. The Hall–Kier alpha value is -7.93. The number of ether oxygens (including phenoxy) is 2. The summed E-state index contributed by atoms with van der Waals surface area (Å²) in [5.74, 6) is 1.47. The van der Waals surface area contributed by atoms with Crippen molar-refractivity contribution >= 4 is 80.1 Å². The van der Waals surface area contributed by atoms with Gasteiger partial charge in [0.15, 0.2) is 22.9 Å². The number of alkyl halides is 3. The first-order valence-corrected chi connectivity index (χ1v) is 22.9. The van der Waals surface area contributed by atoms with Crippen LogP contribution in [0.25, 0.3) is 45.1 Å². The molecule has 2 fully saturated rings. The molecule has 1 atom stereocenters. The number of carbonyl (C=O) groups excluding carboxylic acids is 2. The molecule has 370 valence electrons. The van der Waals surface area contributed by atoms with Crippen molar-refractivity contribution < 1.29 is 32.2 Å². The van der Waals surface area contributed by atoms with Crippen molar-refractivity contribution in [2.45, 2.75) is 39.3 Å². The number of anilines is 4. The van der Waals surface area contributed by atoms with Crippen molar-refractivity contribution in [3.8, 4) is 34.5 Å². The van der Waals surface area contributed by atoms with Crippen molar-refractivity contribution in [3.05, 3.63) is 83.9 Å². The standard InChI is InChI=1S/C23H26ClN9O2.C21H19ClF3N9O2/c1-3-35-17-10-15(4-5-16(17)24)31-8-9-32(14(2)11-31)18(34)12-33-23-19(21(25)28-13-29-23)20(30-33)22-26-6-7-27-22;22-13-2-1-12(9-14(13)36-21(23,24)25)32-5-7-33(8-6-32)15(35)10-34-20-16(18(26)29-11-30-20)17(31-34)19-27-3-4-28-19/h4-7,10,13-14H,3,8-9,11-12H2,1-2H3,(H,26,27)(H2,25,28,29);1-4,9,11H,5-8,10H2,(H,27,28)(H2,26,29,30)/t14-;/m0./s1. The summed E-state index contributed by atoms with van der Waals surface area (Å²) in [7, 11) is 0. The number of aromatic nitrogens is 12. The maximum Gasteiger partial charge on any atom is 0.573 e. The lowest BCUT2D eigenvalue weighted by Crippen LogP contribution is -2.54. The molecule has 6 N–H and O–H groups in total. The third kappa shape index (κ3) is 10.4. The predicted molar refractivity (Wildman–Crippen MR) is 258 cm³/mol. The van der Waals surface area contributed by atoms with Gasteiger partial charge in [-0.05, 0) is 38.1 Å². The number of nitrogens with two attached hydrogens (primary N) is 2.